The number of cyclic esters (lactones) is 1. The first kappa shape index (κ1) is 12.8. The number of hydrogen-bond acceptors (Lipinski definition) is 3. The Balaban J connectivity index is 2.26. The Bertz CT molecular complexity index is 462. The Morgan fingerprint density at radius 3 is 2.39 bits per heavy atom. The van der Waals surface area contributed by atoms with Crippen molar-refractivity contribution in [3.05, 3.63) is 35.9 Å². The van der Waals surface area contributed by atoms with Gasteiger partial charge in [-0.25, -0.2) is 0 Å². The molecule has 96 valence electrons. The molecular weight excluding hydrogens is 228 g/mol. The molecule has 3 nitrogen and oxygen atoms in total. The van der Waals surface area contributed by atoms with E-state index in [0.29, 0.717) is 12.0 Å². The summed E-state index contributed by atoms with van der Waals surface area (Å²) in [6.07, 6.45) is 0.0635. The quantitative estimate of drug-likeness (QED) is 0.608. The molecule has 0 bridgehead atoms. The van der Waals surface area contributed by atoms with Gasteiger partial charge in [-0.15, -0.1) is 0 Å². The average Bonchev–Trinajstić information content (AvgIpc) is 2.69. The summed E-state index contributed by atoms with van der Waals surface area (Å²) in [7, 11) is 0. The summed E-state index contributed by atoms with van der Waals surface area (Å²) in [6.45, 7) is 5.65. The lowest BCUT2D eigenvalue weighted by Crippen LogP contribution is -2.40. The highest BCUT2D eigenvalue weighted by Crippen LogP contribution is 2.37. The van der Waals surface area contributed by atoms with E-state index in [-0.39, 0.29) is 23.8 Å². The number of rotatable bonds is 3. The largest absolute Gasteiger partial charge is 0.461 e. The van der Waals surface area contributed by atoms with E-state index in [4.69, 9.17) is 4.74 Å². The van der Waals surface area contributed by atoms with Gasteiger partial charge >= 0.3 is 5.97 Å². The minimum Gasteiger partial charge on any atom is -0.461 e. The van der Waals surface area contributed by atoms with Crippen LogP contribution >= 0.6 is 0 Å². The number of hydrogen-bond donors (Lipinski definition) is 0. The van der Waals surface area contributed by atoms with E-state index in [1.807, 2.05) is 39.0 Å². The Kier molecular flexibility index (Phi) is 3.24. The molecular formula is C15H18O3. The highest BCUT2D eigenvalue weighted by Gasteiger charge is 2.46. The van der Waals surface area contributed by atoms with E-state index in [9.17, 15) is 9.59 Å². The Labute approximate surface area is 107 Å². The van der Waals surface area contributed by atoms with Gasteiger partial charge in [0.2, 0.25) is 0 Å². The molecule has 0 unspecified atom stereocenters. The summed E-state index contributed by atoms with van der Waals surface area (Å²) >= 11 is 0. The van der Waals surface area contributed by atoms with Crippen LogP contribution < -0.4 is 0 Å². The number of Topliss-reactive ketones (excluding diaryl/α,β-unsaturated/α-hetero) is 1. The maximum absolute atomic E-state index is 12.5. The maximum atomic E-state index is 12.5. The number of benzene rings is 1. The summed E-state index contributed by atoms with van der Waals surface area (Å²) in [6, 6.07) is 9.15. The van der Waals surface area contributed by atoms with Crippen LogP contribution in [0.15, 0.2) is 30.3 Å². The first-order valence-corrected chi connectivity index (χ1v) is 6.22. The van der Waals surface area contributed by atoms with E-state index >= 15 is 0 Å². The van der Waals surface area contributed by atoms with Crippen LogP contribution in [0.5, 0.6) is 0 Å². The van der Waals surface area contributed by atoms with Gasteiger partial charge in [-0.05, 0) is 13.8 Å². The first-order chi connectivity index (χ1) is 8.43. The molecule has 0 spiro atoms. The summed E-state index contributed by atoms with van der Waals surface area (Å²) < 4.78 is 5.32. The van der Waals surface area contributed by atoms with Crippen LogP contribution in [0, 0.1) is 11.3 Å². The lowest BCUT2D eigenvalue weighted by atomic mass is 9.75. The molecule has 18 heavy (non-hydrogen) atoms. The van der Waals surface area contributed by atoms with E-state index in [1.165, 1.54) is 0 Å². The molecule has 0 aromatic heterocycles. The second-order valence-electron chi connectivity index (χ2n) is 5.51. The number of ether oxygens (including phenoxy) is 1. The van der Waals surface area contributed by atoms with Gasteiger partial charge in [0, 0.05) is 11.5 Å². The second-order valence-corrected chi connectivity index (χ2v) is 5.51. The van der Waals surface area contributed by atoms with Gasteiger partial charge in [0.25, 0.3) is 0 Å². The number of ketones is 1. The highest BCUT2D eigenvalue weighted by molar-refractivity contribution is 6.00. The van der Waals surface area contributed by atoms with Gasteiger partial charge in [-0.2, -0.15) is 0 Å². The molecule has 1 aliphatic heterocycles. The first-order valence-electron chi connectivity index (χ1n) is 6.22. The smallest absolute Gasteiger partial charge is 0.306 e. The van der Waals surface area contributed by atoms with Crippen molar-refractivity contribution in [2.24, 2.45) is 11.3 Å². The van der Waals surface area contributed by atoms with Crippen molar-refractivity contribution >= 4 is 11.8 Å². The molecule has 1 saturated heterocycles. The van der Waals surface area contributed by atoms with Crippen molar-refractivity contribution in [3.8, 4) is 0 Å². The monoisotopic (exact) mass is 246 g/mol. The second kappa shape index (κ2) is 4.56. The van der Waals surface area contributed by atoms with Gasteiger partial charge in [0.05, 0.1) is 11.8 Å². The van der Waals surface area contributed by atoms with Crippen LogP contribution in [0.4, 0.5) is 0 Å². The standard InChI is InChI=1S/C15H18O3/c1-10-9-12(16)18-14(10)15(2,3)13(17)11-7-5-4-6-8-11/h4-8,10,14H,9H2,1-3H3/t10-,14-/m0/s1. The third kappa shape index (κ3) is 2.17. The van der Waals surface area contributed by atoms with Gasteiger partial charge in [0.15, 0.2) is 5.78 Å². The van der Waals surface area contributed by atoms with E-state index in [2.05, 4.69) is 0 Å². The van der Waals surface area contributed by atoms with Crippen LogP contribution in [0.3, 0.4) is 0 Å². The molecule has 2 rings (SSSR count). The van der Waals surface area contributed by atoms with Crippen molar-refractivity contribution in [3.63, 3.8) is 0 Å². The van der Waals surface area contributed by atoms with E-state index < -0.39 is 5.41 Å². The predicted molar refractivity (Wildman–Crippen MR) is 68.2 cm³/mol. The third-order valence-corrected chi connectivity index (χ3v) is 3.60. The summed E-state index contributed by atoms with van der Waals surface area (Å²) in [5, 5.41) is 0. The Hall–Kier alpha value is -1.64. The molecule has 1 aromatic rings. The van der Waals surface area contributed by atoms with Gasteiger partial charge in [-0.1, -0.05) is 37.3 Å². The lowest BCUT2D eigenvalue weighted by Gasteiger charge is -2.31. The topological polar surface area (TPSA) is 43.4 Å². The van der Waals surface area contributed by atoms with Crippen LogP contribution in [0.25, 0.3) is 0 Å². The number of carbonyl (C=O) groups is 2. The van der Waals surface area contributed by atoms with Gasteiger partial charge < -0.3 is 4.74 Å². The zero-order valence-corrected chi connectivity index (χ0v) is 11.0. The molecule has 0 N–H and O–H groups in total. The van der Waals surface area contributed by atoms with Gasteiger partial charge in [0.1, 0.15) is 6.10 Å². The molecule has 0 amide bonds. The summed E-state index contributed by atoms with van der Waals surface area (Å²) in [5.74, 6) is -0.101. The van der Waals surface area contributed by atoms with Crippen LogP contribution in [0.1, 0.15) is 37.6 Å². The minimum absolute atomic E-state index is 0.0228. The van der Waals surface area contributed by atoms with Crippen molar-refractivity contribution < 1.29 is 14.3 Å². The third-order valence-electron chi connectivity index (χ3n) is 3.60. The number of carbonyl (C=O) groups excluding carboxylic acids is 2. The highest BCUT2D eigenvalue weighted by atomic mass is 16.6. The van der Waals surface area contributed by atoms with Crippen molar-refractivity contribution in [2.45, 2.75) is 33.3 Å². The van der Waals surface area contributed by atoms with Gasteiger partial charge in [-0.3, -0.25) is 9.59 Å². The zero-order chi connectivity index (χ0) is 13.3. The molecule has 0 radical (unpaired) electrons. The SMILES string of the molecule is C[C@H]1CC(=O)O[C@@H]1C(C)(C)C(=O)c1ccccc1. The van der Waals surface area contributed by atoms with E-state index in [1.54, 1.807) is 12.1 Å². The lowest BCUT2D eigenvalue weighted by molar-refractivity contribution is -0.144. The fraction of sp³-hybridized carbons (Fsp3) is 0.467. The normalized spacial score (nSPS) is 23.8. The zero-order valence-electron chi connectivity index (χ0n) is 11.0. The molecule has 2 atom stereocenters. The fourth-order valence-electron chi connectivity index (χ4n) is 2.63. The van der Waals surface area contributed by atoms with Crippen LogP contribution in [-0.4, -0.2) is 17.9 Å². The summed E-state index contributed by atoms with van der Waals surface area (Å²) in [5.41, 5.74) is -0.0231. The average molecular weight is 246 g/mol. The molecule has 0 saturated carbocycles. The molecule has 1 heterocycles. The molecule has 1 aliphatic rings. The number of esters is 1. The molecule has 0 aliphatic carbocycles. The van der Waals surface area contributed by atoms with Crippen LogP contribution in [-0.2, 0) is 9.53 Å². The maximum Gasteiger partial charge on any atom is 0.306 e. The minimum atomic E-state index is -0.688. The van der Waals surface area contributed by atoms with Crippen molar-refractivity contribution in [1.29, 1.82) is 0 Å². The van der Waals surface area contributed by atoms with Crippen LogP contribution in [0.2, 0.25) is 0 Å². The fourth-order valence-corrected chi connectivity index (χ4v) is 2.63. The van der Waals surface area contributed by atoms with Crippen molar-refractivity contribution in [1.82, 2.24) is 0 Å². The summed E-state index contributed by atoms with van der Waals surface area (Å²) in [4.78, 5) is 23.9. The Morgan fingerprint density at radius 2 is 1.89 bits per heavy atom. The predicted octanol–water partition coefficient (Wildman–Crippen LogP) is 2.85. The van der Waals surface area contributed by atoms with E-state index in [0.717, 1.165) is 0 Å². The Morgan fingerprint density at radius 1 is 1.28 bits per heavy atom. The molecule has 1 aromatic carbocycles. The molecule has 1 fully saturated rings. The molecule has 3 heteroatoms. The van der Waals surface area contributed by atoms with Crippen molar-refractivity contribution in [2.75, 3.05) is 0 Å².